The molecule has 1 aromatic heterocycles. The number of nitrogens with zero attached hydrogens (tertiary/aromatic N) is 3. The summed E-state index contributed by atoms with van der Waals surface area (Å²) in [5.41, 5.74) is 0.156. The lowest BCUT2D eigenvalue weighted by molar-refractivity contribution is -0.136. The zero-order valence-electron chi connectivity index (χ0n) is 15.1. The maximum Gasteiger partial charge on any atom is 0.228 e. The number of ether oxygens (including phenoxy) is 1. The number of carbonyl (C=O) groups is 1. The van der Waals surface area contributed by atoms with E-state index in [-0.39, 0.29) is 35.7 Å². The summed E-state index contributed by atoms with van der Waals surface area (Å²) in [6.45, 7) is 3.60. The molecule has 138 valence electrons. The smallest absolute Gasteiger partial charge is 0.228 e. The minimum atomic E-state index is -0.604. The van der Waals surface area contributed by atoms with E-state index in [1.165, 1.54) is 6.20 Å². The van der Waals surface area contributed by atoms with Crippen LogP contribution in [0.4, 0.5) is 10.2 Å². The van der Waals surface area contributed by atoms with Gasteiger partial charge in [-0.25, -0.2) is 9.37 Å². The minimum Gasteiger partial charge on any atom is -0.381 e. The molecule has 2 heterocycles. The molecule has 1 unspecified atom stereocenters. The Morgan fingerprint density at radius 3 is 2.88 bits per heavy atom. The molecular formula is C19H23FN4O2. The van der Waals surface area contributed by atoms with Crippen LogP contribution in [0.3, 0.4) is 0 Å². The Morgan fingerprint density at radius 1 is 1.54 bits per heavy atom. The van der Waals surface area contributed by atoms with Crippen molar-refractivity contribution in [3.63, 3.8) is 0 Å². The molecule has 1 atom stereocenters. The highest BCUT2D eigenvalue weighted by Crippen LogP contribution is 2.26. The van der Waals surface area contributed by atoms with Crippen LogP contribution in [0.25, 0.3) is 0 Å². The van der Waals surface area contributed by atoms with E-state index < -0.39 is 5.82 Å². The Morgan fingerprint density at radius 2 is 2.27 bits per heavy atom. The number of amides is 1. The van der Waals surface area contributed by atoms with Crippen LogP contribution in [0.2, 0.25) is 0 Å². The van der Waals surface area contributed by atoms with Crippen molar-refractivity contribution in [2.45, 2.75) is 19.8 Å². The Bertz CT molecular complexity index is 729. The van der Waals surface area contributed by atoms with Crippen molar-refractivity contribution in [1.82, 2.24) is 9.88 Å². The highest BCUT2D eigenvalue weighted by Gasteiger charge is 2.31. The van der Waals surface area contributed by atoms with Gasteiger partial charge in [-0.15, -0.1) is 5.92 Å². The third-order valence-corrected chi connectivity index (χ3v) is 4.48. The molecule has 0 aliphatic carbocycles. The molecule has 6 nitrogen and oxygen atoms in total. The van der Waals surface area contributed by atoms with E-state index in [0.29, 0.717) is 19.8 Å². The lowest BCUT2D eigenvalue weighted by Crippen LogP contribution is -2.42. The van der Waals surface area contributed by atoms with E-state index in [1.807, 2.05) is 6.07 Å². The largest absolute Gasteiger partial charge is 0.381 e. The molecule has 0 saturated carbocycles. The molecule has 0 aromatic carbocycles. The van der Waals surface area contributed by atoms with Crippen molar-refractivity contribution >= 4 is 11.7 Å². The molecule has 0 spiro atoms. The predicted molar refractivity (Wildman–Crippen MR) is 95.5 cm³/mol. The summed E-state index contributed by atoms with van der Waals surface area (Å²) in [7, 11) is 1.72. The molecule has 1 aliphatic heterocycles. The number of aromatic nitrogens is 1. The first kappa shape index (κ1) is 19.7. The second-order valence-electron chi connectivity index (χ2n) is 6.22. The van der Waals surface area contributed by atoms with Crippen LogP contribution < -0.4 is 5.32 Å². The van der Waals surface area contributed by atoms with Crippen LogP contribution in [0.5, 0.6) is 0 Å². The lowest BCUT2D eigenvalue weighted by atomic mass is 9.85. The Kier molecular flexibility index (Phi) is 7.37. The van der Waals surface area contributed by atoms with Crippen molar-refractivity contribution in [3.8, 4) is 17.9 Å². The SMILES string of the molecule is CC#CCN(C)C(=O)C(CNc1ncc(C#N)cc1F)C1CCOCC1. The second-order valence-corrected chi connectivity index (χ2v) is 6.22. The van der Waals surface area contributed by atoms with E-state index in [4.69, 9.17) is 10.00 Å². The Labute approximate surface area is 153 Å². The zero-order valence-corrected chi connectivity index (χ0v) is 15.1. The van der Waals surface area contributed by atoms with E-state index in [0.717, 1.165) is 18.9 Å². The van der Waals surface area contributed by atoms with Gasteiger partial charge in [-0.1, -0.05) is 5.92 Å². The summed E-state index contributed by atoms with van der Waals surface area (Å²) in [5.74, 6) is 4.92. The second kappa shape index (κ2) is 9.74. The van der Waals surface area contributed by atoms with Gasteiger partial charge in [-0.3, -0.25) is 4.79 Å². The number of rotatable bonds is 6. The minimum absolute atomic E-state index is 0.0267. The fourth-order valence-corrected chi connectivity index (χ4v) is 2.97. The molecule has 1 fully saturated rings. The van der Waals surface area contributed by atoms with Crippen LogP contribution >= 0.6 is 0 Å². The molecular weight excluding hydrogens is 335 g/mol. The van der Waals surface area contributed by atoms with Crippen molar-refractivity contribution in [2.24, 2.45) is 11.8 Å². The van der Waals surface area contributed by atoms with Crippen LogP contribution in [0, 0.1) is 40.8 Å². The molecule has 1 amide bonds. The average molecular weight is 358 g/mol. The summed E-state index contributed by atoms with van der Waals surface area (Å²) >= 11 is 0. The third-order valence-electron chi connectivity index (χ3n) is 4.48. The number of hydrogen-bond acceptors (Lipinski definition) is 5. The fraction of sp³-hybridized carbons (Fsp3) is 0.526. The van der Waals surface area contributed by atoms with Gasteiger partial charge < -0.3 is 15.0 Å². The van der Waals surface area contributed by atoms with Crippen molar-refractivity contribution in [1.29, 1.82) is 5.26 Å². The lowest BCUT2D eigenvalue weighted by Gasteiger charge is -2.32. The van der Waals surface area contributed by atoms with E-state index in [9.17, 15) is 9.18 Å². The van der Waals surface area contributed by atoms with Crippen molar-refractivity contribution in [2.75, 3.05) is 38.7 Å². The van der Waals surface area contributed by atoms with Gasteiger partial charge in [0.2, 0.25) is 5.91 Å². The maximum atomic E-state index is 14.0. The third kappa shape index (κ3) is 5.18. The van der Waals surface area contributed by atoms with Gasteiger partial charge in [-0.2, -0.15) is 5.26 Å². The number of halogens is 1. The number of nitrogens with one attached hydrogen (secondary N) is 1. The van der Waals surface area contributed by atoms with Crippen molar-refractivity contribution < 1.29 is 13.9 Å². The Balaban J connectivity index is 2.11. The van der Waals surface area contributed by atoms with Crippen LogP contribution in [0.1, 0.15) is 25.3 Å². The molecule has 1 N–H and O–H groups in total. The van der Waals surface area contributed by atoms with Crippen LogP contribution in [0.15, 0.2) is 12.3 Å². The quantitative estimate of drug-likeness (QED) is 0.787. The van der Waals surface area contributed by atoms with Crippen LogP contribution in [-0.2, 0) is 9.53 Å². The highest BCUT2D eigenvalue weighted by molar-refractivity contribution is 5.79. The fourth-order valence-electron chi connectivity index (χ4n) is 2.97. The summed E-state index contributed by atoms with van der Waals surface area (Å²) in [6.07, 6.45) is 2.88. The molecule has 1 saturated heterocycles. The first-order valence-corrected chi connectivity index (χ1v) is 8.58. The van der Waals surface area contributed by atoms with Gasteiger partial charge in [0.25, 0.3) is 0 Å². The Hall–Kier alpha value is -2.64. The number of pyridine rings is 1. The molecule has 0 radical (unpaired) electrons. The maximum absolute atomic E-state index is 14.0. The number of anilines is 1. The summed E-state index contributed by atoms with van der Waals surface area (Å²) in [6, 6.07) is 2.98. The number of carbonyl (C=O) groups excluding carboxylic acids is 1. The highest BCUT2D eigenvalue weighted by atomic mass is 19.1. The van der Waals surface area contributed by atoms with Gasteiger partial charge >= 0.3 is 0 Å². The topological polar surface area (TPSA) is 78.3 Å². The molecule has 2 rings (SSSR count). The first-order chi connectivity index (χ1) is 12.6. The first-order valence-electron chi connectivity index (χ1n) is 8.58. The van der Waals surface area contributed by atoms with Gasteiger partial charge in [0.15, 0.2) is 11.6 Å². The average Bonchev–Trinajstić information content (AvgIpc) is 2.67. The standard InChI is InChI=1S/C19H23FN4O2/c1-3-4-7-24(2)19(25)16(15-5-8-26-9-6-15)13-23-18-17(20)10-14(11-21)12-22-18/h10,12,15-16H,5-9,13H2,1-2H3,(H,22,23). The van der Waals surface area contributed by atoms with Gasteiger partial charge in [0, 0.05) is 33.0 Å². The molecule has 26 heavy (non-hydrogen) atoms. The number of hydrogen-bond donors (Lipinski definition) is 1. The van der Waals surface area contributed by atoms with E-state index in [1.54, 1.807) is 18.9 Å². The van der Waals surface area contributed by atoms with Crippen molar-refractivity contribution in [3.05, 3.63) is 23.6 Å². The van der Waals surface area contributed by atoms with E-state index in [2.05, 4.69) is 22.1 Å². The molecule has 0 bridgehead atoms. The van der Waals surface area contributed by atoms with Gasteiger partial charge in [0.1, 0.15) is 6.07 Å². The van der Waals surface area contributed by atoms with Crippen LogP contribution in [-0.4, -0.2) is 49.1 Å². The van der Waals surface area contributed by atoms with Gasteiger partial charge in [0.05, 0.1) is 18.0 Å². The zero-order chi connectivity index (χ0) is 18.9. The summed E-state index contributed by atoms with van der Waals surface area (Å²) in [4.78, 5) is 18.4. The number of nitriles is 1. The normalized spacial score (nSPS) is 15.3. The monoisotopic (exact) mass is 358 g/mol. The van der Waals surface area contributed by atoms with E-state index >= 15 is 0 Å². The molecule has 1 aliphatic rings. The predicted octanol–water partition coefficient (Wildman–Crippen LogP) is 2.03. The summed E-state index contributed by atoms with van der Waals surface area (Å²) < 4.78 is 19.4. The molecule has 1 aromatic rings. The summed E-state index contributed by atoms with van der Waals surface area (Å²) in [5, 5.41) is 11.7. The van der Waals surface area contributed by atoms with Gasteiger partial charge in [-0.05, 0) is 31.7 Å². The molecule has 7 heteroatoms.